The van der Waals surface area contributed by atoms with Crippen LogP contribution in [0.2, 0.25) is 0 Å². The number of hydrogen-bond acceptors (Lipinski definition) is 3. The van der Waals surface area contributed by atoms with Crippen molar-refractivity contribution in [1.29, 1.82) is 0 Å². The molecule has 2 heterocycles. The standard InChI is InChI=1S/C10H14N6O/c1-2-16-9(3-4-13-16)15-7-8(5-10(15)17)6-12-14-11/h3-4,8H,2,5-7H2,1H3. The SMILES string of the molecule is CCn1nccc1N1CC(CN=[N+]=[N-])CC1=O. The second-order valence-corrected chi connectivity index (χ2v) is 3.99. The van der Waals surface area contributed by atoms with E-state index in [2.05, 4.69) is 15.1 Å². The Morgan fingerprint density at radius 1 is 1.71 bits per heavy atom. The second kappa shape index (κ2) is 4.88. The molecule has 1 saturated heterocycles. The van der Waals surface area contributed by atoms with Gasteiger partial charge in [0.25, 0.3) is 0 Å². The van der Waals surface area contributed by atoms with Crippen LogP contribution >= 0.6 is 0 Å². The molecule has 0 radical (unpaired) electrons. The quantitative estimate of drug-likeness (QED) is 0.449. The van der Waals surface area contributed by atoms with Gasteiger partial charge < -0.3 is 0 Å². The van der Waals surface area contributed by atoms with Crippen molar-refractivity contribution in [3.05, 3.63) is 22.7 Å². The van der Waals surface area contributed by atoms with E-state index in [1.54, 1.807) is 15.8 Å². The minimum absolute atomic E-state index is 0.0679. The second-order valence-electron chi connectivity index (χ2n) is 3.99. The van der Waals surface area contributed by atoms with E-state index in [9.17, 15) is 4.79 Å². The van der Waals surface area contributed by atoms with Gasteiger partial charge in [0.15, 0.2) is 0 Å². The fourth-order valence-electron chi connectivity index (χ4n) is 2.08. The van der Waals surface area contributed by atoms with Crippen molar-refractivity contribution in [2.75, 3.05) is 18.0 Å². The van der Waals surface area contributed by atoms with Gasteiger partial charge in [0.1, 0.15) is 5.82 Å². The van der Waals surface area contributed by atoms with E-state index in [1.807, 2.05) is 13.0 Å². The third-order valence-corrected chi connectivity index (χ3v) is 2.88. The molecular weight excluding hydrogens is 220 g/mol. The van der Waals surface area contributed by atoms with Crippen LogP contribution in [0.1, 0.15) is 13.3 Å². The maximum Gasteiger partial charge on any atom is 0.228 e. The van der Waals surface area contributed by atoms with Crippen molar-refractivity contribution < 1.29 is 4.79 Å². The topological polar surface area (TPSA) is 86.9 Å². The first-order chi connectivity index (χ1) is 8.26. The number of hydrogen-bond donors (Lipinski definition) is 0. The maximum atomic E-state index is 11.9. The van der Waals surface area contributed by atoms with Crippen molar-refractivity contribution in [1.82, 2.24) is 9.78 Å². The van der Waals surface area contributed by atoms with Gasteiger partial charge in [-0.15, -0.1) is 0 Å². The summed E-state index contributed by atoms with van der Waals surface area (Å²) in [6.07, 6.45) is 2.13. The Morgan fingerprint density at radius 3 is 3.24 bits per heavy atom. The van der Waals surface area contributed by atoms with E-state index < -0.39 is 0 Å². The van der Waals surface area contributed by atoms with Crippen LogP contribution in [0, 0.1) is 5.92 Å². The van der Waals surface area contributed by atoms with E-state index in [1.165, 1.54) is 0 Å². The first-order valence-electron chi connectivity index (χ1n) is 5.59. The Labute approximate surface area is 98.6 Å². The van der Waals surface area contributed by atoms with Gasteiger partial charge in [0.2, 0.25) is 5.91 Å². The average Bonchev–Trinajstić information content (AvgIpc) is 2.92. The Bertz CT molecular complexity index is 461. The van der Waals surface area contributed by atoms with Crippen molar-refractivity contribution in [3.8, 4) is 0 Å². The third kappa shape index (κ3) is 2.24. The molecule has 1 amide bonds. The minimum atomic E-state index is 0.0679. The molecule has 90 valence electrons. The largest absolute Gasteiger partial charge is 0.297 e. The molecule has 1 aromatic rings. The Kier molecular flexibility index (Phi) is 3.30. The summed E-state index contributed by atoms with van der Waals surface area (Å²) in [4.78, 5) is 16.3. The zero-order valence-corrected chi connectivity index (χ0v) is 9.65. The molecule has 1 aromatic heterocycles. The number of carbonyl (C=O) groups is 1. The number of aryl methyl sites for hydroxylation is 1. The summed E-state index contributed by atoms with van der Waals surface area (Å²) in [5.74, 6) is 0.998. The maximum absolute atomic E-state index is 11.9. The molecule has 1 atom stereocenters. The molecule has 1 aliphatic rings. The number of rotatable bonds is 4. The number of anilines is 1. The third-order valence-electron chi connectivity index (χ3n) is 2.88. The number of aromatic nitrogens is 2. The lowest BCUT2D eigenvalue weighted by molar-refractivity contribution is -0.117. The molecule has 2 rings (SSSR count). The highest BCUT2D eigenvalue weighted by molar-refractivity contribution is 5.94. The normalized spacial score (nSPS) is 19.5. The van der Waals surface area contributed by atoms with Gasteiger partial charge in [-0.1, -0.05) is 5.11 Å². The van der Waals surface area contributed by atoms with E-state index in [0.29, 0.717) is 19.5 Å². The zero-order valence-electron chi connectivity index (χ0n) is 9.65. The Hall–Kier alpha value is -2.01. The highest BCUT2D eigenvalue weighted by Crippen LogP contribution is 2.24. The van der Waals surface area contributed by atoms with Gasteiger partial charge in [-0.2, -0.15) is 5.10 Å². The monoisotopic (exact) mass is 234 g/mol. The van der Waals surface area contributed by atoms with E-state index >= 15 is 0 Å². The van der Waals surface area contributed by atoms with Crippen LogP contribution in [-0.2, 0) is 11.3 Å². The zero-order chi connectivity index (χ0) is 12.3. The van der Waals surface area contributed by atoms with Gasteiger partial charge in [-0.3, -0.25) is 9.69 Å². The molecule has 0 bridgehead atoms. The van der Waals surface area contributed by atoms with Crippen molar-refractivity contribution in [2.24, 2.45) is 11.0 Å². The molecule has 0 aromatic carbocycles. The molecule has 1 unspecified atom stereocenters. The van der Waals surface area contributed by atoms with E-state index in [-0.39, 0.29) is 11.8 Å². The summed E-state index contributed by atoms with van der Waals surface area (Å²) >= 11 is 0. The van der Waals surface area contributed by atoms with E-state index in [0.717, 1.165) is 12.4 Å². The van der Waals surface area contributed by atoms with Gasteiger partial charge in [-0.25, -0.2) is 4.68 Å². The highest BCUT2D eigenvalue weighted by atomic mass is 16.2. The number of amides is 1. The molecule has 0 saturated carbocycles. The average molecular weight is 234 g/mol. The van der Waals surface area contributed by atoms with Crippen molar-refractivity contribution >= 4 is 11.7 Å². The molecule has 7 heteroatoms. The van der Waals surface area contributed by atoms with Crippen molar-refractivity contribution in [2.45, 2.75) is 19.9 Å². The lowest BCUT2D eigenvalue weighted by atomic mass is 10.1. The summed E-state index contributed by atoms with van der Waals surface area (Å²) in [6, 6.07) is 1.83. The highest BCUT2D eigenvalue weighted by Gasteiger charge is 2.31. The summed E-state index contributed by atoms with van der Waals surface area (Å²) in [5, 5.41) is 7.67. The lowest BCUT2D eigenvalue weighted by Crippen LogP contribution is -2.27. The summed E-state index contributed by atoms with van der Waals surface area (Å²) in [7, 11) is 0. The summed E-state index contributed by atoms with van der Waals surface area (Å²) in [6.45, 7) is 3.68. The Balaban J connectivity index is 2.12. The van der Waals surface area contributed by atoms with E-state index in [4.69, 9.17) is 5.53 Å². The molecular formula is C10H14N6O. The molecule has 0 N–H and O–H groups in total. The number of azide groups is 1. The predicted octanol–water partition coefficient (Wildman–Crippen LogP) is 1.57. The van der Waals surface area contributed by atoms with Gasteiger partial charge >= 0.3 is 0 Å². The predicted molar refractivity (Wildman–Crippen MR) is 62.4 cm³/mol. The van der Waals surface area contributed by atoms with Crippen LogP contribution in [0.3, 0.4) is 0 Å². The lowest BCUT2D eigenvalue weighted by Gasteiger charge is -2.17. The van der Waals surface area contributed by atoms with Crippen LogP contribution in [0.5, 0.6) is 0 Å². The fraction of sp³-hybridized carbons (Fsp3) is 0.600. The molecule has 1 fully saturated rings. The molecule has 17 heavy (non-hydrogen) atoms. The van der Waals surface area contributed by atoms with Crippen molar-refractivity contribution in [3.63, 3.8) is 0 Å². The molecule has 1 aliphatic heterocycles. The van der Waals surface area contributed by atoms with Gasteiger partial charge in [0, 0.05) is 37.0 Å². The van der Waals surface area contributed by atoms with Crippen LogP contribution in [0.4, 0.5) is 5.82 Å². The van der Waals surface area contributed by atoms with Gasteiger partial charge in [0.05, 0.1) is 6.20 Å². The van der Waals surface area contributed by atoms with Crippen LogP contribution in [-0.4, -0.2) is 28.8 Å². The molecule has 0 aliphatic carbocycles. The number of carbonyl (C=O) groups excluding carboxylic acids is 1. The van der Waals surface area contributed by atoms with Crippen LogP contribution in [0.25, 0.3) is 10.4 Å². The summed E-state index contributed by atoms with van der Waals surface area (Å²) in [5.41, 5.74) is 8.27. The first kappa shape index (κ1) is 11.5. The minimum Gasteiger partial charge on any atom is -0.297 e. The molecule has 7 nitrogen and oxygen atoms in total. The van der Waals surface area contributed by atoms with Crippen LogP contribution in [0.15, 0.2) is 17.4 Å². The first-order valence-corrected chi connectivity index (χ1v) is 5.59. The summed E-state index contributed by atoms with van der Waals surface area (Å²) < 4.78 is 1.79. The number of nitrogens with zero attached hydrogens (tertiary/aromatic N) is 6. The molecule has 0 spiro atoms. The Morgan fingerprint density at radius 2 is 2.53 bits per heavy atom. The fourth-order valence-corrected chi connectivity index (χ4v) is 2.08. The van der Waals surface area contributed by atoms with Crippen LogP contribution < -0.4 is 4.90 Å². The van der Waals surface area contributed by atoms with Gasteiger partial charge in [-0.05, 0) is 18.4 Å². The smallest absolute Gasteiger partial charge is 0.228 e.